The number of hydrogen-bond donors (Lipinski definition) is 8. The first kappa shape index (κ1) is 31.5. The molecule has 1 fully saturated rings. The number of carboxylic acid groups (broad SMARTS) is 1. The van der Waals surface area contributed by atoms with E-state index in [-0.39, 0.29) is 23.4 Å². The van der Waals surface area contributed by atoms with E-state index in [2.05, 4.69) is 27.8 Å². The first-order valence-electron chi connectivity index (χ1n) is 13.2. The van der Waals surface area contributed by atoms with Crippen LogP contribution in [0.3, 0.4) is 0 Å². The number of esters is 1. The van der Waals surface area contributed by atoms with Gasteiger partial charge < -0.3 is 52.6 Å². The molecular weight excluding hydrogens is 592 g/mol. The van der Waals surface area contributed by atoms with Crippen LogP contribution in [-0.4, -0.2) is 63.4 Å². The number of fused-ring (bicyclic) bond motifs is 6. The van der Waals surface area contributed by atoms with Gasteiger partial charge in [-0.1, -0.05) is 18.2 Å². The van der Waals surface area contributed by atoms with Crippen LogP contribution in [0.15, 0.2) is 65.7 Å². The minimum Gasteiger partial charge on any atom is -0.508 e. The maximum absolute atomic E-state index is 12.5. The maximum atomic E-state index is 12.5. The number of rotatable bonds is 5. The number of aliphatic imine (C=N–C) groups is 1. The van der Waals surface area contributed by atoms with Crippen LogP contribution >= 0.6 is 12.2 Å². The van der Waals surface area contributed by atoms with Gasteiger partial charge in [-0.15, -0.1) is 0 Å². The lowest BCUT2D eigenvalue weighted by atomic mass is 9.77. The number of aliphatic carboxylic acids is 1. The molecule has 3 aromatic carbocycles. The molecule has 0 bridgehead atoms. The van der Waals surface area contributed by atoms with Crippen molar-refractivity contribution in [1.29, 1.82) is 0 Å². The van der Waals surface area contributed by atoms with Crippen molar-refractivity contribution in [3.05, 3.63) is 82.9 Å². The summed E-state index contributed by atoms with van der Waals surface area (Å²) < 4.78 is 11.8. The lowest BCUT2D eigenvalue weighted by Crippen LogP contribution is -2.32. The molecule has 230 valence electrons. The number of nitrogens with two attached hydrogens (primary N) is 3. The van der Waals surface area contributed by atoms with Gasteiger partial charge in [0.15, 0.2) is 16.7 Å². The number of carbonyl (C=O) groups is 3. The highest BCUT2D eigenvalue weighted by molar-refractivity contribution is 7.80. The van der Waals surface area contributed by atoms with Crippen LogP contribution in [0, 0.1) is 0 Å². The van der Waals surface area contributed by atoms with Crippen LogP contribution in [0.4, 0.5) is 0 Å². The van der Waals surface area contributed by atoms with E-state index in [4.69, 9.17) is 31.8 Å². The number of amides is 1. The summed E-state index contributed by atoms with van der Waals surface area (Å²) in [6.45, 7) is 0.752. The smallest absolute Gasteiger partial charge is 0.340 e. The molecule has 11 N–H and O–H groups in total. The Bertz CT molecular complexity index is 1580. The average Bonchev–Trinajstić information content (AvgIpc) is 3.50. The molecule has 1 unspecified atom stereocenters. The van der Waals surface area contributed by atoms with Crippen molar-refractivity contribution in [2.45, 2.75) is 24.5 Å². The van der Waals surface area contributed by atoms with Crippen LogP contribution in [0.2, 0.25) is 0 Å². The normalized spacial score (nSPS) is 15.2. The second kappa shape index (κ2) is 13.3. The molecule has 0 saturated carbocycles. The van der Waals surface area contributed by atoms with E-state index in [1.54, 1.807) is 24.3 Å². The molecule has 3 heterocycles. The minimum atomic E-state index is -1.17. The Kier molecular flexibility index (Phi) is 9.51. The van der Waals surface area contributed by atoms with Gasteiger partial charge in [-0.05, 0) is 55.4 Å². The molecule has 1 amide bonds. The lowest BCUT2D eigenvalue weighted by Gasteiger charge is -2.36. The molecule has 3 aliphatic heterocycles. The first-order valence-corrected chi connectivity index (χ1v) is 13.6. The number of ether oxygens (including phenoxy) is 2. The molecule has 0 radical (unpaired) electrons. The van der Waals surface area contributed by atoms with E-state index < -0.39 is 23.6 Å². The van der Waals surface area contributed by atoms with Gasteiger partial charge in [0.1, 0.15) is 29.0 Å². The lowest BCUT2D eigenvalue weighted by molar-refractivity contribution is -0.138. The zero-order chi connectivity index (χ0) is 32.0. The van der Waals surface area contributed by atoms with Gasteiger partial charge in [0.05, 0.1) is 12.1 Å². The average molecular weight is 623 g/mol. The summed E-state index contributed by atoms with van der Waals surface area (Å²) >= 11 is 4.55. The van der Waals surface area contributed by atoms with Crippen molar-refractivity contribution in [2.75, 3.05) is 13.1 Å². The SMILES string of the molecule is NC(N)=NCCCC(N)C(=O)O.O=C1CNC(=S)N1.O=C1OC2(c3ccc(O)cc3Oc3cc(O)ccc32)c2ccccc21. The molecule has 44 heavy (non-hydrogen) atoms. The number of phenolic OH excluding ortho intramolecular Hbond substituents is 2. The maximum Gasteiger partial charge on any atom is 0.340 e. The first-order chi connectivity index (χ1) is 20.9. The fraction of sp³-hybridized carbons (Fsp3) is 0.207. The second-order valence-corrected chi connectivity index (χ2v) is 10.1. The van der Waals surface area contributed by atoms with Crippen molar-refractivity contribution in [3.8, 4) is 23.0 Å². The molecule has 6 rings (SSSR count). The van der Waals surface area contributed by atoms with Crippen molar-refractivity contribution in [1.82, 2.24) is 10.6 Å². The number of phenols is 2. The number of guanidine groups is 1. The monoisotopic (exact) mass is 622 g/mol. The van der Waals surface area contributed by atoms with E-state index in [0.29, 0.717) is 64.8 Å². The Morgan fingerprint density at radius 1 is 1.00 bits per heavy atom. The highest BCUT2D eigenvalue weighted by Crippen LogP contribution is 2.56. The third-order valence-corrected chi connectivity index (χ3v) is 6.87. The predicted octanol–water partition coefficient (Wildman–Crippen LogP) is 1.11. The van der Waals surface area contributed by atoms with Gasteiger partial charge in [0.2, 0.25) is 5.91 Å². The fourth-order valence-electron chi connectivity index (χ4n) is 4.67. The number of hydrogen-bond acceptors (Lipinski definition) is 10. The number of carbonyl (C=O) groups excluding carboxylic acids is 2. The Morgan fingerprint density at radius 3 is 2.11 bits per heavy atom. The van der Waals surface area contributed by atoms with Crippen LogP contribution in [0.1, 0.15) is 39.9 Å². The number of carboxylic acids is 1. The van der Waals surface area contributed by atoms with Crippen LogP contribution in [0.25, 0.3) is 0 Å². The summed E-state index contributed by atoms with van der Waals surface area (Å²) in [7, 11) is 0. The Labute approximate surface area is 256 Å². The van der Waals surface area contributed by atoms with Crippen LogP contribution in [0.5, 0.6) is 23.0 Å². The van der Waals surface area contributed by atoms with Gasteiger partial charge >= 0.3 is 11.9 Å². The number of nitrogens with one attached hydrogen (secondary N) is 2. The summed E-state index contributed by atoms with van der Waals surface area (Å²) in [5.41, 5.74) is 16.6. The zero-order valence-corrected chi connectivity index (χ0v) is 24.0. The molecule has 15 heteroatoms. The number of nitrogens with zero attached hydrogens (tertiary/aromatic N) is 1. The van der Waals surface area contributed by atoms with Gasteiger partial charge in [-0.3, -0.25) is 14.6 Å². The van der Waals surface area contributed by atoms with Crippen molar-refractivity contribution < 1.29 is 39.2 Å². The predicted molar refractivity (Wildman–Crippen MR) is 162 cm³/mol. The van der Waals surface area contributed by atoms with E-state index in [9.17, 15) is 24.6 Å². The highest BCUT2D eigenvalue weighted by atomic mass is 32.1. The van der Waals surface area contributed by atoms with E-state index in [0.717, 1.165) is 0 Å². The minimum absolute atomic E-state index is 0.0129. The second-order valence-electron chi connectivity index (χ2n) is 9.70. The van der Waals surface area contributed by atoms with Crippen molar-refractivity contribution in [3.63, 3.8) is 0 Å². The van der Waals surface area contributed by atoms with Gasteiger partial charge in [0, 0.05) is 35.4 Å². The largest absolute Gasteiger partial charge is 0.508 e. The molecular formula is C29H30N6O8S. The van der Waals surface area contributed by atoms with E-state index >= 15 is 0 Å². The number of aromatic hydroxyl groups is 2. The molecule has 1 spiro atoms. The molecule has 0 aromatic heterocycles. The number of thiocarbonyl (C=S) groups is 1. The zero-order valence-electron chi connectivity index (χ0n) is 23.1. The topological polar surface area (TPSA) is 245 Å². The van der Waals surface area contributed by atoms with Crippen molar-refractivity contribution >= 4 is 41.1 Å². The number of benzene rings is 3. The van der Waals surface area contributed by atoms with Crippen LogP contribution < -0.4 is 32.6 Å². The summed E-state index contributed by atoms with van der Waals surface area (Å²) in [4.78, 5) is 36.6. The van der Waals surface area contributed by atoms with E-state index in [1.807, 2.05) is 12.1 Å². The van der Waals surface area contributed by atoms with E-state index in [1.165, 1.54) is 24.3 Å². The van der Waals surface area contributed by atoms with Gasteiger partial charge in [-0.25, -0.2) is 4.79 Å². The molecule has 0 aliphatic carbocycles. The fourth-order valence-corrected chi connectivity index (χ4v) is 4.86. The summed E-state index contributed by atoms with van der Waals surface area (Å²) in [5.74, 6) is -0.630. The molecule has 1 atom stereocenters. The quantitative estimate of drug-likeness (QED) is 0.0654. The van der Waals surface area contributed by atoms with Gasteiger partial charge in [-0.2, -0.15) is 0 Å². The van der Waals surface area contributed by atoms with Crippen LogP contribution in [-0.2, 0) is 19.9 Å². The Balaban J connectivity index is 0.000000194. The Hall–Kier alpha value is -5.41. The van der Waals surface area contributed by atoms with Gasteiger partial charge in [0.25, 0.3) is 0 Å². The third-order valence-electron chi connectivity index (χ3n) is 6.63. The Morgan fingerprint density at radius 2 is 1.61 bits per heavy atom. The molecule has 14 nitrogen and oxygen atoms in total. The molecule has 1 saturated heterocycles. The summed E-state index contributed by atoms with van der Waals surface area (Å²) in [6.07, 6.45) is 0.956. The summed E-state index contributed by atoms with van der Waals surface area (Å²) in [6, 6.07) is 15.8. The standard InChI is InChI=1S/C20H12O5.C6H14N4O2.C3H4N2OS/c21-11-5-7-15-17(9-11)24-18-10-12(22)6-8-16(18)20(15)14-4-2-1-3-13(14)19(23)25-20;7-4(5(11)12)2-1-3-10-6(8)9;6-2-1-4-3(7)5-2/h1-10,21-22H;4H,1-3,7H2,(H,11,12)(H4,8,9,10);1H2,(H2,4,5,6,7). The third kappa shape index (κ3) is 6.79. The molecule has 3 aromatic rings. The van der Waals surface area contributed by atoms with Crippen molar-refractivity contribution in [2.24, 2.45) is 22.2 Å². The molecule has 3 aliphatic rings. The highest BCUT2D eigenvalue weighted by Gasteiger charge is 2.53. The summed E-state index contributed by atoms with van der Waals surface area (Å²) in [5, 5.41) is 33.5.